The van der Waals surface area contributed by atoms with E-state index in [1.165, 1.54) is 0 Å². The van der Waals surface area contributed by atoms with Crippen molar-refractivity contribution in [3.63, 3.8) is 0 Å². The smallest absolute Gasteiger partial charge is 0.315 e. The number of halogens is 1. The van der Waals surface area contributed by atoms with E-state index >= 15 is 0 Å². The normalized spacial score (nSPS) is 10.4. The third kappa shape index (κ3) is 5.70. The molecule has 4 nitrogen and oxygen atoms in total. The number of likely N-dealkylation sites (N-methyl/N-ethyl adjacent to an activating group) is 1. The minimum atomic E-state index is -0.136. The van der Waals surface area contributed by atoms with E-state index in [1.54, 1.807) is 0 Å². The monoisotopic (exact) mass is 299 g/mol. The molecule has 1 aromatic rings. The van der Waals surface area contributed by atoms with Crippen molar-refractivity contribution in [3.8, 4) is 0 Å². The summed E-state index contributed by atoms with van der Waals surface area (Å²) in [5.74, 6) is 0. The lowest BCUT2D eigenvalue weighted by Crippen LogP contribution is -2.38. The van der Waals surface area contributed by atoms with Crippen LogP contribution in [-0.4, -0.2) is 38.1 Å². The van der Waals surface area contributed by atoms with Gasteiger partial charge in [0.15, 0.2) is 0 Å². The number of carbonyl (C=O) groups excluding carboxylic acids is 1. The van der Waals surface area contributed by atoms with Crippen LogP contribution in [0.4, 0.5) is 4.79 Å². The first-order valence-electron chi connectivity index (χ1n) is 5.49. The van der Waals surface area contributed by atoms with E-state index in [1.807, 2.05) is 43.3 Å². The van der Waals surface area contributed by atoms with Crippen LogP contribution in [0.3, 0.4) is 0 Å². The van der Waals surface area contributed by atoms with Gasteiger partial charge in [-0.05, 0) is 25.7 Å². The average molecular weight is 300 g/mol. The van der Waals surface area contributed by atoms with Crippen molar-refractivity contribution < 1.29 is 4.79 Å². The van der Waals surface area contributed by atoms with Crippen molar-refractivity contribution >= 4 is 22.0 Å². The van der Waals surface area contributed by atoms with Gasteiger partial charge in [0.2, 0.25) is 0 Å². The Bertz CT molecular complexity index is 369. The topological polar surface area (TPSA) is 44.4 Å². The van der Waals surface area contributed by atoms with Crippen LogP contribution in [0.2, 0.25) is 0 Å². The van der Waals surface area contributed by atoms with Gasteiger partial charge >= 0.3 is 6.03 Å². The second kappa shape index (κ2) is 7.29. The summed E-state index contributed by atoms with van der Waals surface area (Å²) in [7, 11) is 3.95. The summed E-state index contributed by atoms with van der Waals surface area (Å²) < 4.78 is 1.01. The number of benzene rings is 1. The van der Waals surface area contributed by atoms with Crippen LogP contribution in [0, 0.1) is 0 Å². The molecule has 0 fully saturated rings. The van der Waals surface area contributed by atoms with Crippen LogP contribution in [-0.2, 0) is 6.54 Å². The van der Waals surface area contributed by atoms with Gasteiger partial charge in [0.05, 0.1) is 0 Å². The maximum atomic E-state index is 11.5. The quantitative estimate of drug-likeness (QED) is 0.871. The molecule has 0 unspecified atom stereocenters. The fourth-order valence-electron chi connectivity index (χ4n) is 1.27. The molecule has 0 aliphatic rings. The molecule has 2 N–H and O–H groups in total. The van der Waals surface area contributed by atoms with Crippen molar-refractivity contribution in [2.75, 3.05) is 27.2 Å². The lowest BCUT2D eigenvalue weighted by atomic mass is 10.2. The van der Waals surface area contributed by atoms with Crippen LogP contribution in [0.5, 0.6) is 0 Å². The second-order valence-corrected chi connectivity index (χ2v) is 4.86. The molecule has 1 rings (SSSR count). The summed E-state index contributed by atoms with van der Waals surface area (Å²) in [5.41, 5.74) is 1.07. The lowest BCUT2D eigenvalue weighted by Gasteiger charge is -2.11. The summed E-state index contributed by atoms with van der Waals surface area (Å²) in [6.07, 6.45) is 0. The SMILES string of the molecule is CN(C)CCNC(=O)NCc1ccccc1Br. The zero-order valence-electron chi connectivity index (χ0n) is 10.2. The number of carbonyl (C=O) groups is 1. The lowest BCUT2D eigenvalue weighted by molar-refractivity contribution is 0.239. The Balaban J connectivity index is 2.26. The Kier molecular flexibility index (Phi) is 6.00. The first kappa shape index (κ1) is 14.0. The molecule has 2 amide bonds. The van der Waals surface area contributed by atoms with Gasteiger partial charge in [-0.25, -0.2) is 4.79 Å². The summed E-state index contributed by atoms with van der Waals surface area (Å²) >= 11 is 3.44. The van der Waals surface area contributed by atoms with Crippen LogP contribution in [0.25, 0.3) is 0 Å². The van der Waals surface area contributed by atoms with Gasteiger partial charge in [-0.3, -0.25) is 0 Å². The minimum Gasteiger partial charge on any atom is -0.337 e. The highest BCUT2D eigenvalue weighted by atomic mass is 79.9. The van der Waals surface area contributed by atoms with Gasteiger partial charge in [0.25, 0.3) is 0 Å². The van der Waals surface area contributed by atoms with Gasteiger partial charge in [0.1, 0.15) is 0 Å². The first-order chi connectivity index (χ1) is 8.09. The Morgan fingerprint density at radius 2 is 2.00 bits per heavy atom. The highest BCUT2D eigenvalue weighted by molar-refractivity contribution is 9.10. The highest BCUT2D eigenvalue weighted by Crippen LogP contribution is 2.14. The van der Waals surface area contributed by atoms with E-state index < -0.39 is 0 Å². The first-order valence-corrected chi connectivity index (χ1v) is 6.28. The van der Waals surface area contributed by atoms with Crippen LogP contribution in [0.15, 0.2) is 28.7 Å². The molecule has 0 saturated heterocycles. The second-order valence-electron chi connectivity index (χ2n) is 4.00. The van der Waals surface area contributed by atoms with Crippen molar-refractivity contribution in [2.24, 2.45) is 0 Å². The summed E-state index contributed by atoms with van der Waals surface area (Å²) in [6.45, 7) is 2.01. The summed E-state index contributed by atoms with van der Waals surface area (Å²) in [4.78, 5) is 13.5. The molecule has 0 atom stereocenters. The van der Waals surface area contributed by atoms with Gasteiger partial charge in [-0.15, -0.1) is 0 Å². The molecular formula is C12H18BrN3O. The van der Waals surface area contributed by atoms with Gasteiger partial charge in [0, 0.05) is 24.1 Å². The molecule has 0 aliphatic heterocycles. The van der Waals surface area contributed by atoms with Crippen molar-refractivity contribution in [2.45, 2.75) is 6.54 Å². The number of urea groups is 1. The molecule has 0 heterocycles. The maximum Gasteiger partial charge on any atom is 0.315 e. The molecule has 0 radical (unpaired) electrons. The van der Waals surface area contributed by atoms with Gasteiger partial charge in [-0.1, -0.05) is 34.1 Å². The molecule has 17 heavy (non-hydrogen) atoms. The standard InChI is InChI=1S/C12H18BrN3O/c1-16(2)8-7-14-12(17)15-9-10-5-3-4-6-11(10)13/h3-6H,7-9H2,1-2H3,(H2,14,15,17). The summed E-state index contributed by atoms with van der Waals surface area (Å²) in [5, 5.41) is 5.61. The molecule has 0 bridgehead atoms. The van der Waals surface area contributed by atoms with E-state index in [0.29, 0.717) is 13.1 Å². The maximum absolute atomic E-state index is 11.5. The predicted octanol–water partition coefficient (Wildman–Crippen LogP) is 1.81. The van der Waals surface area contributed by atoms with E-state index in [0.717, 1.165) is 16.6 Å². The fourth-order valence-corrected chi connectivity index (χ4v) is 1.70. The molecule has 0 aromatic heterocycles. The van der Waals surface area contributed by atoms with Gasteiger partial charge < -0.3 is 15.5 Å². The average Bonchev–Trinajstić information content (AvgIpc) is 2.27. The highest BCUT2D eigenvalue weighted by Gasteiger charge is 2.02. The Morgan fingerprint density at radius 3 is 2.65 bits per heavy atom. The molecule has 5 heteroatoms. The van der Waals surface area contributed by atoms with Gasteiger partial charge in [-0.2, -0.15) is 0 Å². The Hall–Kier alpha value is -1.07. The number of hydrogen-bond acceptors (Lipinski definition) is 2. The zero-order chi connectivity index (χ0) is 12.7. The van der Waals surface area contributed by atoms with Crippen LogP contribution >= 0.6 is 15.9 Å². The largest absolute Gasteiger partial charge is 0.337 e. The zero-order valence-corrected chi connectivity index (χ0v) is 11.8. The Labute approximate surface area is 111 Å². The number of hydrogen-bond donors (Lipinski definition) is 2. The molecular weight excluding hydrogens is 282 g/mol. The molecule has 0 spiro atoms. The third-order valence-electron chi connectivity index (χ3n) is 2.24. The van der Waals surface area contributed by atoms with Crippen molar-refractivity contribution in [1.82, 2.24) is 15.5 Å². The number of amides is 2. The number of nitrogens with zero attached hydrogens (tertiary/aromatic N) is 1. The minimum absolute atomic E-state index is 0.136. The van der Waals surface area contributed by atoms with Crippen molar-refractivity contribution in [1.29, 1.82) is 0 Å². The molecule has 94 valence electrons. The van der Waals surface area contributed by atoms with E-state index in [9.17, 15) is 4.79 Å². The molecule has 0 aliphatic carbocycles. The number of nitrogens with one attached hydrogen (secondary N) is 2. The fraction of sp³-hybridized carbons (Fsp3) is 0.417. The number of rotatable bonds is 5. The molecule has 1 aromatic carbocycles. The summed E-state index contributed by atoms with van der Waals surface area (Å²) in [6, 6.07) is 7.70. The van der Waals surface area contributed by atoms with E-state index in [4.69, 9.17) is 0 Å². The molecule has 0 saturated carbocycles. The third-order valence-corrected chi connectivity index (χ3v) is 3.02. The van der Waals surface area contributed by atoms with Crippen molar-refractivity contribution in [3.05, 3.63) is 34.3 Å². The Morgan fingerprint density at radius 1 is 1.29 bits per heavy atom. The van der Waals surface area contributed by atoms with Crippen LogP contribution in [0.1, 0.15) is 5.56 Å². The van der Waals surface area contributed by atoms with E-state index in [-0.39, 0.29) is 6.03 Å². The van der Waals surface area contributed by atoms with Crippen LogP contribution < -0.4 is 10.6 Å². The van der Waals surface area contributed by atoms with E-state index in [2.05, 4.69) is 26.6 Å². The predicted molar refractivity (Wildman–Crippen MR) is 72.9 cm³/mol.